The van der Waals surface area contributed by atoms with E-state index < -0.39 is 15.5 Å². The minimum absolute atomic E-state index is 0.207. The van der Waals surface area contributed by atoms with E-state index in [0.717, 1.165) is 0 Å². The lowest BCUT2D eigenvalue weighted by Gasteiger charge is -2.20. The topological polar surface area (TPSA) is 71.4 Å². The molecule has 1 atom stereocenters. The summed E-state index contributed by atoms with van der Waals surface area (Å²) >= 11 is 0. The fraction of sp³-hybridized carbons (Fsp3) is 0.556. The molecule has 0 heterocycles. The number of rotatable bonds is 6. The summed E-state index contributed by atoms with van der Waals surface area (Å²) in [5.41, 5.74) is -0.855. The Bertz CT molecular complexity index is 314. The van der Waals surface area contributed by atoms with Gasteiger partial charge in [0.1, 0.15) is 0 Å². The minimum atomic E-state index is -3.94. The standard InChI is InChI=1S/C9H15O4S/c1-4-8(10)9(2,3)6-5-7-14(11,12)13/h4H,1-2,5-7H2,3H3,(H,11,12,13). The van der Waals surface area contributed by atoms with Gasteiger partial charge in [-0.25, -0.2) is 0 Å². The molecule has 1 unspecified atom stereocenters. The van der Waals surface area contributed by atoms with Crippen LogP contribution in [0.15, 0.2) is 12.7 Å². The van der Waals surface area contributed by atoms with E-state index in [-0.39, 0.29) is 18.0 Å². The van der Waals surface area contributed by atoms with Gasteiger partial charge >= 0.3 is 0 Å². The number of hydrogen-bond acceptors (Lipinski definition) is 3. The van der Waals surface area contributed by atoms with Crippen LogP contribution in [0.1, 0.15) is 19.8 Å². The highest BCUT2D eigenvalue weighted by Crippen LogP contribution is 2.23. The second-order valence-corrected chi connectivity index (χ2v) is 5.09. The average molecular weight is 219 g/mol. The molecule has 5 heteroatoms. The molecule has 0 aliphatic carbocycles. The Kier molecular flexibility index (Phi) is 4.48. The zero-order valence-corrected chi connectivity index (χ0v) is 9.01. The zero-order chi connectivity index (χ0) is 11.4. The van der Waals surface area contributed by atoms with Crippen LogP contribution < -0.4 is 0 Å². The predicted octanol–water partition coefficient (Wildman–Crippen LogP) is 1.25. The molecule has 4 nitrogen and oxygen atoms in total. The molecule has 0 aromatic heterocycles. The van der Waals surface area contributed by atoms with E-state index >= 15 is 0 Å². The molecule has 1 N–H and O–H groups in total. The lowest BCUT2D eigenvalue weighted by molar-refractivity contribution is -0.121. The Morgan fingerprint density at radius 3 is 2.43 bits per heavy atom. The third-order valence-electron chi connectivity index (χ3n) is 1.91. The molecule has 0 amide bonds. The van der Waals surface area contributed by atoms with E-state index in [1.54, 1.807) is 6.92 Å². The van der Waals surface area contributed by atoms with Crippen molar-refractivity contribution >= 4 is 15.9 Å². The van der Waals surface area contributed by atoms with Gasteiger partial charge in [-0.2, -0.15) is 8.42 Å². The van der Waals surface area contributed by atoms with Crippen molar-refractivity contribution < 1.29 is 17.8 Å². The number of carbonyl (C=O) groups is 1. The Morgan fingerprint density at radius 1 is 1.57 bits per heavy atom. The smallest absolute Gasteiger partial charge is 0.264 e. The first kappa shape index (κ1) is 13.3. The van der Waals surface area contributed by atoms with E-state index in [0.29, 0.717) is 6.42 Å². The molecule has 0 bridgehead atoms. The first-order valence-electron chi connectivity index (χ1n) is 4.16. The predicted molar refractivity (Wildman–Crippen MR) is 54.3 cm³/mol. The second kappa shape index (κ2) is 4.70. The number of allylic oxidation sites excluding steroid dienone is 1. The molecule has 81 valence electrons. The van der Waals surface area contributed by atoms with Crippen LogP contribution in [-0.2, 0) is 14.9 Å². The quantitative estimate of drug-likeness (QED) is 0.539. The lowest BCUT2D eigenvalue weighted by atomic mass is 9.83. The van der Waals surface area contributed by atoms with Gasteiger partial charge in [0.25, 0.3) is 10.1 Å². The number of hydrogen-bond donors (Lipinski definition) is 1. The summed E-state index contributed by atoms with van der Waals surface area (Å²) in [7, 11) is -3.94. The Hall–Kier alpha value is -0.680. The Morgan fingerprint density at radius 2 is 2.07 bits per heavy atom. The van der Waals surface area contributed by atoms with Crippen LogP contribution in [0.3, 0.4) is 0 Å². The van der Waals surface area contributed by atoms with Crippen LogP contribution in [0.5, 0.6) is 0 Å². The Labute approximate surface area is 84.8 Å². The molecule has 0 spiro atoms. The van der Waals surface area contributed by atoms with Gasteiger partial charge < -0.3 is 0 Å². The van der Waals surface area contributed by atoms with E-state index in [1.807, 2.05) is 0 Å². The largest absolute Gasteiger partial charge is 0.294 e. The molecule has 1 radical (unpaired) electrons. The number of carbonyl (C=O) groups excluding carboxylic acids is 1. The summed E-state index contributed by atoms with van der Waals surface area (Å²) in [5, 5.41) is 0. The first-order valence-corrected chi connectivity index (χ1v) is 5.77. The molecule has 0 fully saturated rings. The summed E-state index contributed by atoms with van der Waals surface area (Å²) in [6, 6.07) is 0. The van der Waals surface area contributed by atoms with Gasteiger partial charge in [-0.15, -0.1) is 0 Å². The van der Waals surface area contributed by atoms with E-state index in [1.165, 1.54) is 6.08 Å². The molecule has 0 saturated carbocycles. The highest BCUT2D eigenvalue weighted by molar-refractivity contribution is 7.85. The van der Waals surface area contributed by atoms with Crippen LogP contribution in [-0.4, -0.2) is 24.5 Å². The molecule has 0 saturated heterocycles. The van der Waals surface area contributed by atoms with Crippen LogP contribution in [0.2, 0.25) is 0 Å². The average Bonchev–Trinajstić information content (AvgIpc) is 2.00. The third-order valence-corrected chi connectivity index (χ3v) is 2.72. The fourth-order valence-electron chi connectivity index (χ4n) is 1.01. The van der Waals surface area contributed by atoms with Gasteiger partial charge in [0.15, 0.2) is 5.78 Å². The van der Waals surface area contributed by atoms with Crippen molar-refractivity contribution in [1.29, 1.82) is 0 Å². The van der Waals surface area contributed by atoms with Gasteiger partial charge in [0.05, 0.1) is 5.75 Å². The maximum atomic E-state index is 11.2. The third kappa shape index (κ3) is 5.14. The number of ketones is 1. The summed E-state index contributed by atoms with van der Waals surface area (Å²) in [4.78, 5) is 11.2. The summed E-state index contributed by atoms with van der Waals surface area (Å²) < 4.78 is 29.2. The molecule has 0 rings (SSSR count). The van der Waals surface area contributed by atoms with Crippen molar-refractivity contribution in [2.45, 2.75) is 19.8 Å². The normalized spacial score (nSPS) is 12.5. The SMILES string of the molecule is [CH2]C(C)(CCCS(=O)(=O)O)C(=O)C=C. The van der Waals surface area contributed by atoms with Crippen LogP contribution in [0.25, 0.3) is 0 Å². The minimum Gasteiger partial charge on any atom is -0.294 e. The summed E-state index contributed by atoms with van der Waals surface area (Å²) in [6.45, 7) is 8.60. The second-order valence-electron chi connectivity index (χ2n) is 3.52. The van der Waals surface area contributed by atoms with Crippen molar-refractivity contribution in [2.75, 3.05) is 5.75 Å². The van der Waals surface area contributed by atoms with Gasteiger partial charge in [0, 0.05) is 5.41 Å². The van der Waals surface area contributed by atoms with Gasteiger partial charge in [-0.1, -0.05) is 13.5 Å². The highest BCUT2D eigenvalue weighted by Gasteiger charge is 2.25. The molecule has 0 aliphatic heterocycles. The summed E-state index contributed by atoms with van der Waals surface area (Å²) in [6.07, 6.45) is 1.68. The van der Waals surface area contributed by atoms with Crippen LogP contribution in [0.4, 0.5) is 0 Å². The molecular formula is C9H15O4S. The monoisotopic (exact) mass is 219 g/mol. The molecule has 0 aromatic rings. The van der Waals surface area contributed by atoms with Crippen LogP contribution >= 0.6 is 0 Å². The Balaban J connectivity index is 4.13. The van der Waals surface area contributed by atoms with Crippen molar-refractivity contribution in [2.24, 2.45) is 5.41 Å². The molecular weight excluding hydrogens is 204 g/mol. The van der Waals surface area contributed by atoms with Gasteiger partial charge in [0.2, 0.25) is 0 Å². The maximum absolute atomic E-state index is 11.2. The van der Waals surface area contributed by atoms with Crippen molar-refractivity contribution in [1.82, 2.24) is 0 Å². The fourth-order valence-corrected chi connectivity index (χ4v) is 1.52. The van der Waals surface area contributed by atoms with Crippen LogP contribution in [0, 0.1) is 12.3 Å². The summed E-state index contributed by atoms with van der Waals surface area (Å²) in [5.74, 6) is -0.574. The molecule has 0 aliphatic rings. The first-order chi connectivity index (χ1) is 6.19. The van der Waals surface area contributed by atoms with Crippen molar-refractivity contribution in [3.05, 3.63) is 19.6 Å². The van der Waals surface area contributed by atoms with E-state index in [9.17, 15) is 13.2 Å². The van der Waals surface area contributed by atoms with E-state index in [4.69, 9.17) is 4.55 Å². The zero-order valence-electron chi connectivity index (χ0n) is 8.19. The highest BCUT2D eigenvalue weighted by atomic mass is 32.2. The molecule has 0 aromatic carbocycles. The van der Waals surface area contributed by atoms with E-state index in [2.05, 4.69) is 13.5 Å². The van der Waals surface area contributed by atoms with Crippen molar-refractivity contribution in [3.8, 4) is 0 Å². The lowest BCUT2D eigenvalue weighted by Crippen LogP contribution is -2.23. The van der Waals surface area contributed by atoms with Gasteiger partial charge in [-0.3, -0.25) is 9.35 Å². The van der Waals surface area contributed by atoms with Crippen molar-refractivity contribution in [3.63, 3.8) is 0 Å². The van der Waals surface area contributed by atoms with Gasteiger partial charge in [-0.05, 0) is 25.8 Å². The molecule has 14 heavy (non-hydrogen) atoms. The maximum Gasteiger partial charge on any atom is 0.264 e.